The minimum atomic E-state index is -3.57. The van der Waals surface area contributed by atoms with Gasteiger partial charge in [-0.15, -0.1) is 0 Å². The summed E-state index contributed by atoms with van der Waals surface area (Å²) in [5, 5.41) is 10.6. The summed E-state index contributed by atoms with van der Waals surface area (Å²) < 4.78 is 24.5. The smallest absolute Gasteiger partial charge is 0.181 e. The maximum atomic E-state index is 12.2. The molecule has 3 N–H and O–H groups in total. The predicted molar refractivity (Wildman–Crippen MR) is 82.8 cm³/mol. The number of benzene rings is 2. The first-order chi connectivity index (χ1) is 9.92. The highest BCUT2D eigenvalue weighted by Crippen LogP contribution is 2.21. The van der Waals surface area contributed by atoms with Crippen LogP contribution in [0.15, 0.2) is 53.4 Å². The van der Waals surface area contributed by atoms with E-state index in [1.165, 1.54) is 24.3 Å². The van der Waals surface area contributed by atoms with Crippen LogP contribution < -0.4 is 5.73 Å². The molecule has 0 spiro atoms. The Labute approximate surface area is 129 Å². The molecule has 112 valence electrons. The molecule has 6 heteroatoms. The van der Waals surface area contributed by atoms with Crippen LogP contribution in [0.2, 0.25) is 5.02 Å². The van der Waals surface area contributed by atoms with Crippen molar-refractivity contribution in [2.75, 3.05) is 5.75 Å². The number of hydrogen-bond donors (Lipinski definition) is 2. The van der Waals surface area contributed by atoms with Crippen molar-refractivity contribution < 1.29 is 13.5 Å². The monoisotopic (exact) mass is 325 g/mol. The molecular weight excluding hydrogens is 310 g/mol. The normalized spacial score (nSPS) is 13.1. The zero-order chi connectivity index (χ0) is 15.5. The second-order valence-corrected chi connectivity index (χ2v) is 7.17. The average molecular weight is 326 g/mol. The summed E-state index contributed by atoms with van der Waals surface area (Å²) in [6.45, 7) is 0.402. The molecule has 21 heavy (non-hydrogen) atoms. The van der Waals surface area contributed by atoms with E-state index in [0.717, 1.165) is 5.56 Å². The molecule has 0 aliphatic carbocycles. The molecule has 4 nitrogen and oxygen atoms in total. The largest absolute Gasteiger partial charge is 0.387 e. The summed E-state index contributed by atoms with van der Waals surface area (Å²) in [5.41, 5.74) is 6.97. The van der Waals surface area contributed by atoms with Gasteiger partial charge >= 0.3 is 0 Å². The molecule has 1 unspecified atom stereocenters. The molecule has 0 saturated heterocycles. The van der Waals surface area contributed by atoms with Crippen molar-refractivity contribution in [3.63, 3.8) is 0 Å². The Bertz CT molecular complexity index is 697. The second-order valence-electron chi connectivity index (χ2n) is 4.70. The molecule has 0 aliphatic heterocycles. The predicted octanol–water partition coefficient (Wildman–Crippen LogP) is 2.31. The highest BCUT2D eigenvalue weighted by molar-refractivity contribution is 7.91. The molecular formula is C15H16ClNO3S. The first-order valence-corrected chi connectivity index (χ1v) is 8.41. The molecule has 0 aromatic heterocycles. The Kier molecular flexibility index (Phi) is 5.00. The third-order valence-corrected chi connectivity index (χ3v) is 5.15. The quantitative estimate of drug-likeness (QED) is 0.884. The zero-order valence-corrected chi connectivity index (χ0v) is 12.8. The number of sulfone groups is 1. The Balaban J connectivity index is 2.17. The van der Waals surface area contributed by atoms with Gasteiger partial charge in [-0.1, -0.05) is 35.9 Å². The minimum Gasteiger partial charge on any atom is -0.387 e. The van der Waals surface area contributed by atoms with Crippen molar-refractivity contribution in [1.29, 1.82) is 0 Å². The number of rotatable bonds is 5. The van der Waals surface area contributed by atoms with Crippen molar-refractivity contribution in [2.24, 2.45) is 5.73 Å². The first kappa shape index (κ1) is 16.0. The molecule has 2 rings (SSSR count). The van der Waals surface area contributed by atoms with Crippen LogP contribution in [0.5, 0.6) is 0 Å². The number of halogens is 1. The van der Waals surface area contributed by atoms with Crippen LogP contribution in [0.25, 0.3) is 0 Å². The van der Waals surface area contributed by atoms with Gasteiger partial charge in [0.15, 0.2) is 9.84 Å². The SMILES string of the molecule is NCc1ccc(C(O)CS(=O)(=O)c2ccc(Cl)cc2)cc1. The molecule has 0 saturated carbocycles. The van der Waals surface area contributed by atoms with E-state index >= 15 is 0 Å². The molecule has 0 bridgehead atoms. The van der Waals surface area contributed by atoms with Gasteiger partial charge in [-0.05, 0) is 35.4 Å². The number of hydrogen-bond acceptors (Lipinski definition) is 4. The third kappa shape index (κ3) is 4.04. The lowest BCUT2D eigenvalue weighted by Gasteiger charge is -2.12. The fourth-order valence-electron chi connectivity index (χ4n) is 1.92. The maximum absolute atomic E-state index is 12.2. The van der Waals surface area contributed by atoms with Crippen molar-refractivity contribution in [3.05, 3.63) is 64.7 Å². The summed E-state index contributed by atoms with van der Waals surface area (Å²) in [5.74, 6) is -0.378. The van der Waals surface area contributed by atoms with Crippen molar-refractivity contribution in [1.82, 2.24) is 0 Å². The summed E-state index contributed by atoms with van der Waals surface area (Å²) in [4.78, 5) is 0.143. The lowest BCUT2D eigenvalue weighted by Crippen LogP contribution is -2.15. The molecule has 0 aliphatic rings. The van der Waals surface area contributed by atoms with Crippen molar-refractivity contribution >= 4 is 21.4 Å². The standard InChI is InChI=1S/C15H16ClNO3S/c16-13-5-7-14(8-6-13)21(19,20)10-15(18)12-3-1-11(9-17)2-4-12/h1-8,15,18H,9-10,17H2. The van der Waals surface area contributed by atoms with E-state index in [2.05, 4.69) is 0 Å². The van der Waals surface area contributed by atoms with Gasteiger partial charge in [-0.25, -0.2) is 8.42 Å². The van der Waals surface area contributed by atoms with Crippen LogP contribution in [0.1, 0.15) is 17.2 Å². The van der Waals surface area contributed by atoms with Gasteiger partial charge in [0.25, 0.3) is 0 Å². The van der Waals surface area contributed by atoms with Crippen molar-refractivity contribution in [3.8, 4) is 0 Å². The van der Waals surface area contributed by atoms with Crippen LogP contribution in [-0.4, -0.2) is 19.3 Å². The minimum absolute atomic E-state index is 0.143. The Morgan fingerprint density at radius 1 is 1.05 bits per heavy atom. The maximum Gasteiger partial charge on any atom is 0.181 e. The molecule has 0 radical (unpaired) electrons. The Morgan fingerprint density at radius 3 is 2.14 bits per heavy atom. The van der Waals surface area contributed by atoms with Crippen LogP contribution in [0, 0.1) is 0 Å². The lowest BCUT2D eigenvalue weighted by atomic mass is 10.1. The van der Waals surface area contributed by atoms with Gasteiger partial charge in [0.2, 0.25) is 0 Å². The van der Waals surface area contributed by atoms with E-state index in [4.69, 9.17) is 17.3 Å². The van der Waals surface area contributed by atoms with E-state index in [0.29, 0.717) is 17.1 Å². The second kappa shape index (κ2) is 6.58. The summed E-state index contributed by atoms with van der Waals surface area (Å²) in [6, 6.07) is 12.8. The molecule has 0 heterocycles. The lowest BCUT2D eigenvalue weighted by molar-refractivity contribution is 0.201. The summed E-state index contributed by atoms with van der Waals surface area (Å²) in [7, 11) is -3.57. The topological polar surface area (TPSA) is 80.4 Å². The Hall–Kier alpha value is -1.40. The van der Waals surface area contributed by atoms with E-state index in [1.807, 2.05) is 0 Å². The molecule has 1 atom stereocenters. The van der Waals surface area contributed by atoms with E-state index in [1.54, 1.807) is 24.3 Å². The van der Waals surface area contributed by atoms with Gasteiger partial charge in [-0.2, -0.15) is 0 Å². The van der Waals surface area contributed by atoms with Gasteiger partial charge < -0.3 is 10.8 Å². The van der Waals surface area contributed by atoms with E-state index in [-0.39, 0.29) is 10.6 Å². The van der Waals surface area contributed by atoms with Crippen molar-refractivity contribution in [2.45, 2.75) is 17.5 Å². The van der Waals surface area contributed by atoms with Gasteiger partial charge in [-0.3, -0.25) is 0 Å². The fraction of sp³-hybridized carbons (Fsp3) is 0.200. The van der Waals surface area contributed by atoms with Gasteiger partial charge in [0, 0.05) is 11.6 Å². The fourth-order valence-corrected chi connectivity index (χ4v) is 3.40. The molecule has 0 amide bonds. The Morgan fingerprint density at radius 2 is 1.62 bits per heavy atom. The highest BCUT2D eigenvalue weighted by atomic mass is 35.5. The molecule has 2 aromatic carbocycles. The number of aliphatic hydroxyl groups is 1. The van der Waals surface area contributed by atoms with Crippen LogP contribution >= 0.6 is 11.6 Å². The third-order valence-electron chi connectivity index (χ3n) is 3.15. The van der Waals surface area contributed by atoms with E-state index in [9.17, 15) is 13.5 Å². The zero-order valence-electron chi connectivity index (χ0n) is 11.2. The molecule has 0 fully saturated rings. The highest BCUT2D eigenvalue weighted by Gasteiger charge is 2.20. The summed E-state index contributed by atoms with van der Waals surface area (Å²) in [6.07, 6.45) is -1.09. The molecule has 2 aromatic rings. The number of aliphatic hydroxyl groups excluding tert-OH is 1. The number of nitrogens with two attached hydrogens (primary N) is 1. The van der Waals surface area contributed by atoms with E-state index < -0.39 is 15.9 Å². The first-order valence-electron chi connectivity index (χ1n) is 6.37. The van der Waals surface area contributed by atoms with Crippen LogP contribution in [-0.2, 0) is 16.4 Å². The van der Waals surface area contributed by atoms with Gasteiger partial charge in [0.1, 0.15) is 0 Å². The van der Waals surface area contributed by atoms with Crippen LogP contribution in [0.3, 0.4) is 0 Å². The van der Waals surface area contributed by atoms with Gasteiger partial charge in [0.05, 0.1) is 16.8 Å². The average Bonchev–Trinajstić information content (AvgIpc) is 2.47. The summed E-state index contributed by atoms with van der Waals surface area (Å²) >= 11 is 5.74. The van der Waals surface area contributed by atoms with Crippen LogP contribution in [0.4, 0.5) is 0 Å².